The van der Waals surface area contributed by atoms with Crippen molar-refractivity contribution < 1.29 is 75.7 Å². The number of amides is 3. The maximum atomic E-state index is 13.1. The number of hydrogen-bond acceptors (Lipinski definition) is 15. The van der Waals surface area contributed by atoms with E-state index in [1.807, 2.05) is 0 Å². The summed E-state index contributed by atoms with van der Waals surface area (Å²) in [5.41, 5.74) is -0.162. The second-order valence-corrected chi connectivity index (χ2v) is 18.0. The van der Waals surface area contributed by atoms with Gasteiger partial charge in [0.25, 0.3) is 11.8 Å². The zero-order valence-electron chi connectivity index (χ0n) is 33.3. The number of fused-ring (bicyclic) bond motifs is 5. The van der Waals surface area contributed by atoms with Crippen LogP contribution in [-0.4, -0.2) is 166 Å². The minimum Gasteiger partial charge on any atom is -0.394 e. The van der Waals surface area contributed by atoms with E-state index in [1.54, 1.807) is 0 Å². The molecule has 0 radical (unpaired) electrons. The molecule has 4 fully saturated rings. The number of carbonyl (C=O) groups is 3. The van der Waals surface area contributed by atoms with Gasteiger partial charge in [0.2, 0.25) is 5.91 Å². The number of carbonyl (C=O) groups excluding carboxylic acids is 3. The van der Waals surface area contributed by atoms with Crippen LogP contribution in [0.3, 0.4) is 0 Å². The van der Waals surface area contributed by atoms with Crippen molar-refractivity contribution in [1.29, 1.82) is 0 Å². The Morgan fingerprint density at radius 1 is 0.702 bits per heavy atom. The first-order chi connectivity index (χ1) is 26.7. The van der Waals surface area contributed by atoms with E-state index in [-0.39, 0.29) is 54.1 Å². The molecule has 4 aliphatic rings. The van der Waals surface area contributed by atoms with E-state index in [9.17, 15) is 65.4 Å². The second-order valence-electron chi connectivity index (χ2n) is 18.0. The molecule has 0 bridgehead atoms. The zero-order valence-corrected chi connectivity index (χ0v) is 33.3. The molecule has 4 aliphatic carbocycles. The van der Waals surface area contributed by atoms with Gasteiger partial charge in [0, 0.05) is 19.4 Å². The molecule has 3 amide bonds. The quantitative estimate of drug-likeness (QED) is 0.0559. The third kappa shape index (κ3) is 10.3. The fraction of sp³-hybridized carbons (Fsp3) is 0.923. The number of rotatable bonds is 19. The minimum absolute atomic E-state index is 0.111. The summed E-state index contributed by atoms with van der Waals surface area (Å²) in [6.07, 6.45) is -11.7. The highest BCUT2D eigenvalue weighted by Gasteiger charge is 2.63. The highest BCUT2D eigenvalue weighted by atomic mass is 16.4. The first-order valence-corrected chi connectivity index (χ1v) is 20.6. The first kappa shape index (κ1) is 47.6. The Bertz CT molecular complexity index is 1310. The van der Waals surface area contributed by atoms with Gasteiger partial charge in [0.15, 0.2) is 12.2 Å². The summed E-state index contributed by atoms with van der Waals surface area (Å²) in [4.78, 5) is 38.7. The smallest absolute Gasteiger partial charge is 0.253 e. The van der Waals surface area contributed by atoms with Crippen molar-refractivity contribution >= 4 is 17.7 Å². The molecule has 0 spiro atoms. The molecule has 0 aromatic rings. The van der Waals surface area contributed by atoms with Crippen molar-refractivity contribution in [2.45, 2.75) is 159 Å². The van der Waals surface area contributed by atoms with Gasteiger partial charge in [0.05, 0.1) is 25.4 Å². The van der Waals surface area contributed by atoms with Crippen LogP contribution < -0.4 is 16.0 Å². The topological polar surface area (TPSA) is 330 Å². The van der Waals surface area contributed by atoms with Crippen molar-refractivity contribution in [3.8, 4) is 0 Å². The Morgan fingerprint density at radius 2 is 1.26 bits per heavy atom. The van der Waals surface area contributed by atoms with Crippen molar-refractivity contribution in [1.82, 2.24) is 16.0 Å². The predicted octanol–water partition coefficient (Wildman–Crippen LogP) is -3.67. The Hall–Kier alpha value is -2.07. The monoisotopic (exact) mass is 819 g/mol. The van der Waals surface area contributed by atoms with Gasteiger partial charge in [-0.25, -0.2) is 0 Å². The van der Waals surface area contributed by atoms with Gasteiger partial charge in [0.1, 0.15) is 42.8 Å². The van der Waals surface area contributed by atoms with Crippen molar-refractivity contribution in [3.05, 3.63) is 0 Å². The summed E-state index contributed by atoms with van der Waals surface area (Å²) in [6.45, 7) is 4.54. The summed E-state index contributed by atoms with van der Waals surface area (Å²) in [6, 6.07) is 0. The first-order valence-electron chi connectivity index (χ1n) is 20.6. The SMILES string of the molecule is C[C@H](CCC(=O)NCCC(NC(=O)[C@H](O)[C@@H](O)[C@H](O)[C@H](O)CO)NC(=O)[C@H](O)[C@@H](O)[C@H](O)[C@H](O)CO)[C@H]1CC[C@H]2[C@@H]3CC[C@@H]4C[C@H](O)CC[C@]4(C)[C@H]3C[C@H](O)[C@]12C. The van der Waals surface area contributed by atoms with E-state index in [0.29, 0.717) is 30.1 Å². The number of aliphatic hydroxyl groups is 12. The molecule has 0 unspecified atom stereocenters. The molecule has 18 nitrogen and oxygen atoms in total. The number of hydrogen-bond donors (Lipinski definition) is 15. The van der Waals surface area contributed by atoms with Crippen LogP contribution in [0.4, 0.5) is 0 Å². The summed E-state index contributed by atoms with van der Waals surface area (Å²) in [5.74, 6) is -0.971. The molecule has 0 aliphatic heterocycles. The van der Waals surface area contributed by atoms with Gasteiger partial charge in [-0.3, -0.25) is 14.4 Å². The standard InChI is InChI=1S/C39H69N3O15/c1-18(22-7-8-23-21-6-5-19-14-20(45)10-12-38(19,2)24(21)15-27(48)39(22,23)3)4-9-29(49)40-13-11-28(41-36(56)34(54)32(52)30(50)25(46)16-43)42-37(57)35(55)33(53)31(51)26(47)17-44/h18-28,30-35,43-48,50-55H,4-17H2,1-3H3,(H,40,49)(H,41,56)(H,42,57)/t18-,19-,20-,21+,22-,23+,24+,25-,26-,27+,30-,31-,32+,33+,34-,35-,38+,39-/m1/s1. The fourth-order valence-corrected chi connectivity index (χ4v) is 11.2. The third-order valence-corrected chi connectivity index (χ3v) is 14.8. The lowest BCUT2D eigenvalue weighted by Crippen LogP contribution is -2.59. The summed E-state index contributed by atoms with van der Waals surface area (Å²) in [7, 11) is 0. The molecule has 330 valence electrons. The molecule has 0 aromatic carbocycles. The summed E-state index contributed by atoms with van der Waals surface area (Å²) >= 11 is 0. The molecule has 0 saturated heterocycles. The van der Waals surface area contributed by atoms with Crippen LogP contribution >= 0.6 is 0 Å². The summed E-state index contributed by atoms with van der Waals surface area (Å²) in [5, 5.41) is 127. The summed E-state index contributed by atoms with van der Waals surface area (Å²) < 4.78 is 0. The van der Waals surface area contributed by atoms with Crippen LogP contribution in [0.15, 0.2) is 0 Å². The van der Waals surface area contributed by atoms with Gasteiger partial charge in [-0.2, -0.15) is 0 Å². The largest absolute Gasteiger partial charge is 0.394 e. The Labute approximate surface area is 333 Å². The lowest BCUT2D eigenvalue weighted by molar-refractivity contribution is -0.174. The van der Waals surface area contributed by atoms with E-state index in [1.165, 1.54) is 0 Å². The minimum atomic E-state index is -2.39. The highest BCUT2D eigenvalue weighted by Crippen LogP contribution is 2.68. The lowest BCUT2D eigenvalue weighted by Gasteiger charge is -2.62. The lowest BCUT2D eigenvalue weighted by atomic mass is 9.43. The highest BCUT2D eigenvalue weighted by molar-refractivity contribution is 5.84. The van der Waals surface area contributed by atoms with Gasteiger partial charge in [-0.15, -0.1) is 0 Å². The van der Waals surface area contributed by atoms with Crippen LogP contribution in [0, 0.1) is 46.3 Å². The molecule has 18 heteroatoms. The molecule has 4 saturated carbocycles. The Kier molecular flexibility index (Phi) is 16.7. The molecule has 4 rings (SSSR count). The van der Waals surface area contributed by atoms with Crippen LogP contribution in [0.2, 0.25) is 0 Å². The van der Waals surface area contributed by atoms with E-state index < -0.39 is 86.1 Å². The normalized spacial score (nSPS) is 35.9. The number of nitrogens with one attached hydrogen (secondary N) is 3. The van der Waals surface area contributed by atoms with Crippen LogP contribution in [-0.2, 0) is 14.4 Å². The van der Waals surface area contributed by atoms with Gasteiger partial charge in [-0.1, -0.05) is 20.8 Å². The van der Waals surface area contributed by atoms with E-state index >= 15 is 0 Å². The van der Waals surface area contributed by atoms with E-state index in [4.69, 9.17) is 10.2 Å². The second kappa shape index (κ2) is 20.0. The molecule has 0 heterocycles. The van der Waals surface area contributed by atoms with Crippen LogP contribution in [0.1, 0.15) is 91.4 Å². The third-order valence-electron chi connectivity index (χ3n) is 14.8. The van der Waals surface area contributed by atoms with Crippen LogP contribution in [0.25, 0.3) is 0 Å². The van der Waals surface area contributed by atoms with Gasteiger partial charge >= 0.3 is 0 Å². The van der Waals surface area contributed by atoms with Gasteiger partial charge < -0.3 is 77.2 Å². The van der Waals surface area contributed by atoms with Crippen molar-refractivity contribution in [3.63, 3.8) is 0 Å². The average Bonchev–Trinajstić information content (AvgIpc) is 3.56. The maximum Gasteiger partial charge on any atom is 0.253 e. The van der Waals surface area contributed by atoms with Crippen molar-refractivity contribution in [2.75, 3.05) is 19.8 Å². The molecule has 18 atom stereocenters. The molecule has 0 aromatic heterocycles. The maximum absolute atomic E-state index is 13.1. The van der Waals surface area contributed by atoms with Gasteiger partial charge in [-0.05, 0) is 104 Å². The molecular weight excluding hydrogens is 750 g/mol. The number of aliphatic hydroxyl groups excluding tert-OH is 12. The molecule has 15 N–H and O–H groups in total. The average molecular weight is 820 g/mol. The molecular formula is C39H69N3O15. The predicted molar refractivity (Wildman–Crippen MR) is 201 cm³/mol. The fourth-order valence-electron chi connectivity index (χ4n) is 11.2. The van der Waals surface area contributed by atoms with E-state index in [2.05, 4.69) is 36.7 Å². The molecule has 57 heavy (non-hydrogen) atoms. The Morgan fingerprint density at radius 3 is 1.81 bits per heavy atom. The van der Waals surface area contributed by atoms with Crippen molar-refractivity contribution in [2.24, 2.45) is 46.3 Å². The Balaban J connectivity index is 1.34. The van der Waals surface area contributed by atoms with Crippen LogP contribution in [0.5, 0.6) is 0 Å². The van der Waals surface area contributed by atoms with E-state index in [0.717, 1.165) is 51.4 Å². The zero-order chi connectivity index (χ0) is 42.6.